The fourth-order valence-electron chi connectivity index (χ4n) is 1.30. The Morgan fingerprint density at radius 2 is 2.06 bits per heavy atom. The molecule has 18 heavy (non-hydrogen) atoms. The van der Waals surface area contributed by atoms with Crippen LogP contribution in [0.1, 0.15) is 15.6 Å². The number of halogens is 3. The predicted octanol–water partition coefficient (Wildman–Crippen LogP) is 2.31. The highest BCUT2D eigenvalue weighted by molar-refractivity contribution is 14.0. The van der Waals surface area contributed by atoms with Crippen molar-refractivity contribution in [2.75, 3.05) is 13.6 Å². The average molecular weight is 390 g/mol. The molecule has 0 aliphatic carbocycles. The Morgan fingerprint density at radius 3 is 2.50 bits per heavy atom. The molecule has 0 fully saturated rings. The Labute approximate surface area is 126 Å². The highest BCUT2D eigenvalue weighted by atomic mass is 127. The highest BCUT2D eigenvalue weighted by Crippen LogP contribution is 2.16. The minimum Gasteiger partial charge on any atom is -0.351 e. The predicted molar refractivity (Wildman–Crippen MR) is 81.2 cm³/mol. The first-order chi connectivity index (χ1) is 8.02. The molecule has 0 atom stereocenters. The van der Waals surface area contributed by atoms with Crippen molar-refractivity contribution >= 4 is 41.3 Å². The molecule has 1 aromatic rings. The molecule has 104 valence electrons. The molecule has 0 radical (unpaired) electrons. The van der Waals surface area contributed by atoms with Crippen molar-refractivity contribution in [1.29, 1.82) is 0 Å². The van der Waals surface area contributed by atoms with Crippen molar-refractivity contribution < 1.29 is 8.78 Å². The fraction of sp³-hybridized carbons (Fsp3) is 0.600. The second-order valence-electron chi connectivity index (χ2n) is 3.44. The van der Waals surface area contributed by atoms with Crippen molar-refractivity contribution in [2.24, 2.45) is 4.99 Å². The third-order valence-electron chi connectivity index (χ3n) is 2.06. The normalized spacial score (nSPS) is 11.3. The van der Waals surface area contributed by atoms with E-state index in [0.717, 1.165) is 15.6 Å². The van der Waals surface area contributed by atoms with Crippen LogP contribution in [-0.4, -0.2) is 31.0 Å². The zero-order valence-corrected chi connectivity index (χ0v) is 13.6. The molecule has 1 aromatic heterocycles. The molecular weight excluding hydrogens is 373 g/mol. The molecule has 0 unspecified atom stereocenters. The number of aryl methyl sites for hydroxylation is 2. The average Bonchev–Trinajstić information content (AvgIpc) is 2.57. The lowest BCUT2D eigenvalue weighted by Crippen LogP contribution is -2.39. The van der Waals surface area contributed by atoms with Crippen LogP contribution in [-0.2, 0) is 6.54 Å². The van der Waals surface area contributed by atoms with Gasteiger partial charge >= 0.3 is 0 Å². The first-order valence-electron chi connectivity index (χ1n) is 5.18. The third-order valence-corrected chi connectivity index (χ3v) is 3.14. The van der Waals surface area contributed by atoms with Crippen LogP contribution in [0.3, 0.4) is 0 Å². The second kappa shape index (κ2) is 8.57. The number of guanidine groups is 1. The van der Waals surface area contributed by atoms with Gasteiger partial charge < -0.3 is 10.6 Å². The standard InChI is InChI=1S/C10H16F2N4S.HI/c1-6-8(17-7(2)16-6)4-14-10(13-3)15-5-9(11)12;/h9H,4-5H2,1-3H3,(H2,13,14,15);1H. The number of thiazole rings is 1. The van der Waals surface area contributed by atoms with Crippen LogP contribution in [0.25, 0.3) is 0 Å². The molecule has 2 N–H and O–H groups in total. The molecular formula is C10H17F2IN4S. The molecule has 4 nitrogen and oxygen atoms in total. The number of nitrogens with zero attached hydrogens (tertiary/aromatic N) is 2. The molecule has 1 rings (SSSR count). The van der Waals surface area contributed by atoms with Gasteiger partial charge in [-0.2, -0.15) is 0 Å². The number of aliphatic imine (C=N–C) groups is 1. The van der Waals surface area contributed by atoms with E-state index in [9.17, 15) is 8.78 Å². The van der Waals surface area contributed by atoms with Crippen LogP contribution >= 0.6 is 35.3 Å². The van der Waals surface area contributed by atoms with Gasteiger partial charge in [0.1, 0.15) is 0 Å². The summed E-state index contributed by atoms with van der Waals surface area (Å²) in [5.74, 6) is 0.371. The van der Waals surface area contributed by atoms with E-state index < -0.39 is 13.0 Å². The van der Waals surface area contributed by atoms with Crippen molar-refractivity contribution in [3.05, 3.63) is 15.6 Å². The van der Waals surface area contributed by atoms with Gasteiger partial charge in [-0.25, -0.2) is 13.8 Å². The maximum atomic E-state index is 12.0. The highest BCUT2D eigenvalue weighted by Gasteiger charge is 2.07. The van der Waals surface area contributed by atoms with Gasteiger partial charge in [-0.15, -0.1) is 35.3 Å². The van der Waals surface area contributed by atoms with Crippen molar-refractivity contribution in [3.63, 3.8) is 0 Å². The summed E-state index contributed by atoms with van der Waals surface area (Å²) in [4.78, 5) is 9.23. The van der Waals surface area contributed by atoms with Crippen LogP contribution < -0.4 is 10.6 Å². The molecule has 8 heteroatoms. The second-order valence-corrected chi connectivity index (χ2v) is 4.73. The summed E-state index contributed by atoms with van der Waals surface area (Å²) in [6, 6.07) is 0. The fourth-order valence-corrected chi connectivity index (χ4v) is 2.17. The molecule has 0 saturated carbocycles. The minimum absolute atomic E-state index is 0. The molecule has 0 spiro atoms. The zero-order chi connectivity index (χ0) is 12.8. The van der Waals surface area contributed by atoms with Gasteiger partial charge in [-0.1, -0.05) is 0 Å². The Kier molecular flexibility index (Phi) is 8.32. The smallest absolute Gasteiger partial charge is 0.255 e. The van der Waals surface area contributed by atoms with Gasteiger partial charge in [-0.05, 0) is 13.8 Å². The Balaban J connectivity index is 0.00000289. The van der Waals surface area contributed by atoms with E-state index in [2.05, 4.69) is 20.6 Å². The minimum atomic E-state index is -2.39. The molecule has 0 aliphatic heterocycles. The quantitative estimate of drug-likeness (QED) is 0.471. The molecule has 0 bridgehead atoms. The van der Waals surface area contributed by atoms with Gasteiger partial charge in [0.25, 0.3) is 6.43 Å². The summed E-state index contributed by atoms with van der Waals surface area (Å²) in [7, 11) is 1.55. The SMILES string of the molecule is CN=C(NCc1sc(C)nc1C)NCC(F)F.I. The van der Waals surface area contributed by atoms with Crippen molar-refractivity contribution in [3.8, 4) is 0 Å². The van der Waals surface area contributed by atoms with E-state index in [1.807, 2.05) is 13.8 Å². The lowest BCUT2D eigenvalue weighted by Gasteiger charge is -2.10. The number of hydrogen-bond acceptors (Lipinski definition) is 3. The van der Waals surface area contributed by atoms with Gasteiger partial charge in [0.15, 0.2) is 5.96 Å². The van der Waals surface area contributed by atoms with E-state index >= 15 is 0 Å². The van der Waals surface area contributed by atoms with Crippen molar-refractivity contribution in [2.45, 2.75) is 26.8 Å². The summed E-state index contributed by atoms with van der Waals surface area (Å²) in [6.07, 6.45) is -2.39. The van der Waals surface area contributed by atoms with E-state index in [1.165, 1.54) is 0 Å². The number of nitrogens with one attached hydrogen (secondary N) is 2. The zero-order valence-electron chi connectivity index (χ0n) is 10.5. The van der Waals surface area contributed by atoms with E-state index in [-0.39, 0.29) is 24.0 Å². The molecule has 0 aromatic carbocycles. The molecule has 0 aliphatic rings. The largest absolute Gasteiger partial charge is 0.351 e. The van der Waals surface area contributed by atoms with Gasteiger partial charge in [0.2, 0.25) is 0 Å². The lowest BCUT2D eigenvalue weighted by atomic mass is 10.4. The Morgan fingerprint density at radius 1 is 1.39 bits per heavy atom. The van der Waals surface area contributed by atoms with E-state index in [4.69, 9.17) is 0 Å². The van der Waals surface area contributed by atoms with Gasteiger partial charge in [0.05, 0.1) is 23.8 Å². The first-order valence-corrected chi connectivity index (χ1v) is 6.00. The summed E-state index contributed by atoms with van der Waals surface area (Å²) < 4.78 is 24.0. The van der Waals surface area contributed by atoms with Crippen LogP contribution in [0, 0.1) is 13.8 Å². The topological polar surface area (TPSA) is 49.3 Å². The maximum Gasteiger partial charge on any atom is 0.255 e. The van der Waals surface area contributed by atoms with Crippen LogP contribution in [0.2, 0.25) is 0 Å². The van der Waals surface area contributed by atoms with E-state index in [0.29, 0.717) is 12.5 Å². The monoisotopic (exact) mass is 390 g/mol. The first kappa shape index (κ1) is 17.5. The molecule has 0 saturated heterocycles. The van der Waals surface area contributed by atoms with Gasteiger partial charge in [-0.3, -0.25) is 4.99 Å². The number of alkyl halides is 2. The van der Waals surface area contributed by atoms with Crippen LogP contribution in [0.4, 0.5) is 8.78 Å². The summed E-state index contributed by atoms with van der Waals surface area (Å²) >= 11 is 1.59. The number of hydrogen-bond donors (Lipinski definition) is 2. The molecule has 0 amide bonds. The summed E-state index contributed by atoms with van der Waals surface area (Å²) in [5.41, 5.74) is 0.962. The van der Waals surface area contributed by atoms with E-state index in [1.54, 1.807) is 18.4 Å². The lowest BCUT2D eigenvalue weighted by molar-refractivity contribution is 0.152. The third kappa shape index (κ3) is 5.89. The summed E-state index contributed by atoms with van der Waals surface area (Å²) in [6.45, 7) is 4.00. The Bertz CT molecular complexity index is 395. The van der Waals surface area contributed by atoms with Crippen molar-refractivity contribution in [1.82, 2.24) is 15.6 Å². The van der Waals surface area contributed by atoms with Crippen LogP contribution in [0.15, 0.2) is 4.99 Å². The van der Waals surface area contributed by atoms with Gasteiger partial charge in [0, 0.05) is 11.9 Å². The van der Waals surface area contributed by atoms with Crippen LogP contribution in [0.5, 0.6) is 0 Å². The Hall–Kier alpha value is -0.510. The number of aromatic nitrogens is 1. The maximum absolute atomic E-state index is 12.0. The molecule has 1 heterocycles. The summed E-state index contributed by atoms with van der Waals surface area (Å²) in [5, 5.41) is 6.50. The number of rotatable bonds is 4.